The van der Waals surface area contributed by atoms with Crippen molar-refractivity contribution in [2.45, 2.75) is 20.5 Å². The van der Waals surface area contributed by atoms with Gasteiger partial charge >= 0.3 is 6.61 Å². The number of ether oxygens (including phenoxy) is 2. The molecule has 0 aliphatic carbocycles. The van der Waals surface area contributed by atoms with E-state index >= 15 is 0 Å². The highest BCUT2D eigenvalue weighted by Crippen LogP contribution is 2.22. The molecular formula is C15H21F2NO3. The summed E-state index contributed by atoms with van der Waals surface area (Å²) in [7, 11) is 1.55. The average molecular weight is 301 g/mol. The number of carbonyl (C=O) groups excluding carboxylic acids is 1. The van der Waals surface area contributed by atoms with Crippen LogP contribution in [-0.2, 0) is 4.74 Å². The van der Waals surface area contributed by atoms with Gasteiger partial charge in [0.25, 0.3) is 5.91 Å². The van der Waals surface area contributed by atoms with Crippen molar-refractivity contribution in [3.05, 3.63) is 29.8 Å². The van der Waals surface area contributed by atoms with Gasteiger partial charge in [0.2, 0.25) is 0 Å². The molecule has 0 saturated heterocycles. The van der Waals surface area contributed by atoms with Crippen LogP contribution in [0.15, 0.2) is 24.3 Å². The predicted octanol–water partition coefficient (Wildman–Crippen LogP) is 3.03. The van der Waals surface area contributed by atoms with E-state index in [1.54, 1.807) is 24.1 Å². The summed E-state index contributed by atoms with van der Waals surface area (Å²) in [5.41, 5.74) is 0.134. The molecule has 0 radical (unpaired) electrons. The molecule has 0 heterocycles. The first-order valence-electron chi connectivity index (χ1n) is 6.77. The Kier molecular flexibility index (Phi) is 7.08. The highest BCUT2D eigenvalue weighted by atomic mass is 19.3. The summed E-state index contributed by atoms with van der Waals surface area (Å²) < 4.78 is 34.2. The summed E-state index contributed by atoms with van der Waals surface area (Å²) in [5.74, 6) is -0.186. The molecule has 0 aromatic heterocycles. The Labute approximate surface area is 123 Å². The number of halogens is 2. The molecule has 118 valence electrons. The van der Waals surface area contributed by atoms with Crippen molar-refractivity contribution in [2.24, 2.45) is 5.92 Å². The summed E-state index contributed by atoms with van der Waals surface area (Å²) in [5, 5.41) is 0. The van der Waals surface area contributed by atoms with Crippen LogP contribution in [0, 0.1) is 5.92 Å². The second-order valence-corrected chi connectivity index (χ2v) is 5.01. The Morgan fingerprint density at radius 2 is 1.95 bits per heavy atom. The van der Waals surface area contributed by atoms with E-state index in [0.717, 1.165) is 0 Å². The molecule has 1 amide bonds. The van der Waals surface area contributed by atoms with E-state index in [0.29, 0.717) is 19.7 Å². The summed E-state index contributed by atoms with van der Waals surface area (Å²) >= 11 is 0. The number of rotatable bonds is 8. The van der Waals surface area contributed by atoms with Crippen LogP contribution >= 0.6 is 0 Å². The topological polar surface area (TPSA) is 38.8 Å². The van der Waals surface area contributed by atoms with Crippen LogP contribution in [-0.4, -0.2) is 44.2 Å². The number of hydrogen-bond donors (Lipinski definition) is 0. The van der Waals surface area contributed by atoms with E-state index in [9.17, 15) is 13.6 Å². The number of alkyl halides is 2. The second kappa shape index (κ2) is 8.56. The van der Waals surface area contributed by atoms with Crippen LogP contribution in [0.2, 0.25) is 0 Å². The summed E-state index contributed by atoms with van der Waals surface area (Å²) in [6.45, 7) is 2.30. The summed E-state index contributed by atoms with van der Waals surface area (Å²) in [6.07, 6.45) is 0. The first-order valence-corrected chi connectivity index (χ1v) is 6.77. The third-order valence-corrected chi connectivity index (χ3v) is 2.77. The van der Waals surface area contributed by atoms with Crippen LogP contribution in [0.4, 0.5) is 8.78 Å². The van der Waals surface area contributed by atoms with Crippen molar-refractivity contribution < 1.29 is 23.0 Å². The molecular weight excluding hydrogens is 280 g/mol. The normalized spacial score (nSPS) is 11.0. The zero-order valence-corrected chi connectivity index (χ0v) is 12.5. The maximum absolute atomic E-state index is 12.5. The van der Waals surface area contributed by atoms with Crippen LogP contribution in [0.3, 0.4) is 0 Å². The molecule has 0 atom stereocenters. The molecule has 4 nitrogen and oxygen atoms in total. The van der Waals surface area contributed by atoms with E-state index in [1.807, 2.05) is 13.8 Å². The van der Waals surface area contributed by atoms with Crippen molar-refractivity contribution in [3.8, 4) is 5.75 Å². The number of methoxy groups -OCH3 is 1. The molecule has 0 aliphatic rings. The molecule has 1 aromatic rings. The number of hydrogen-bond acceptors (Lipinski definition) is 3. The molecule has 0 N–H and O–H groups in total. The van der Waals surface area contributed by atoms with Gasteiger partial charge in [-0.25, -0.2) is 0 Å². The fraction of sp³-hybridized carbons (Fsp3) is 0.533. The molecule has 0 spiro atoms. The van der Waals surface area contributed by atoms with Crippen molar-refractivity contribution in [2.75, 3.05) is 26.8 Å². The predicted molar refractivity (Wildman–Crippen MR) is 75.7 cm³/mol. The van der Waals surface area contributed by atoms with E-state index in [-0.39, 0.29) is 23.1 Å². The first-order chi connectivity index (χ1) is 9.95. The molecule has 0 bridgehead atoms. The smallest absolute Gasteiger partial charge is 0.387 e. The van der Waals surface area contributed by atoms with Gasteiger partial charge < -0.3 is 14.4 Å². The molecule has 1 rings (SSSR count). The zero-order chi connectivity index (χ0) is 15.8. The Balaban J connectivity index is 2.96. The van der Waals surface area contributed by atoms with Gasteiger partial charge in [-0.2, -0.15) is 8.78 Å². The zero-order valence-electron chi connectivity index (χ0n) is 12.5. The second-order valence-electron chi connectivity index (χ2n) is 5.01. The van der Waals surface area contributed by atoms with E-state index < -0.39 is 6.61 Å². The van der Waals surface area contributed by atoms with Crippen LogP contribution in [0.1, 0.15) is 24.2 Å². The molecule has 6 heteroatoms. The Morgan fingerprint density at radius 1 is 1.29 bits per heavy atom. The number of para-hydroxylation sites is 1. The monoisotopic (exact) mass is 301 g/mol. The largest absolute Gasteiger partial charge is 0.434 e. The van der Waals surface area contributed by atoms with Gasteiger partial charge in [-0.1, -0.05) is 26.0 Å². The molecule has 0 unspecified atom stereocenters. The number of benzene rings is 1. The standard InChI is InChI=1S/C15H21F2NO3/c1-11(2)10-18(8-9-20-3)14(19)12-6-4-5-7-13(12)21-15(16)17/h4-7,11,15H,8-10H2,1-3H3. The Morgan fingerprint density at radius 3 is 2.52 bits per heavy atom. The molecule has 0 saturated carbocycles. The molecule has 1 aromatic carbocycles. The van der Waals surface area contributed by atoms with E-state index in [4.69, 9.17) is 4.74 Å². The minimum absolute atomic E-state index is 0.108. The molecule has 0 aliphatic heterocycles. The maximum atomic E-state index is 12.5. The quantitative estimate of drug-likeness (QED) is 0.741. The lowest BCUT2D eigenvalue weighted by Gasteiger charge is -2.25. The average Bonchev–Trinajstić information content (AvgIpc) is 2.42. The summed E-state index contributed by atoms with van der Waals surface area (Å²) in [4.78, 5) is 14.1. The van der Waals surface area contributed by atoms with Crippen LogP contribution in [0.25, 0.3) is 0 Å². The van der Waals surface area contributed by atoms with Crippen LogP contribution in [0.5, 0.6) is 5.75 Å². The van der Waals surface area contributed by atoms with Crippen molar-refractivity contribution in [1.29, 1.82) is 0 Å². The van der Waals surface area contributed by atoms with Crippen molar-refractivity contribution in [1.82, 2.24) is 4.90 Å². The van der Waals surface area contributed by atoms with Gasteiger partial charge in [0.05, 0.1) is 12.2 Å². The maximum Gasteiger partial charge on any atom is 0.387 e. The van der Waals surface area contributed by atoms with Gasteiger partial charge in [-0.15, -0.1) is 0 Å². The Hall–Kier alpha value is -1.69. The lowest BCUT2D eigenvalue weighted by molar-refractivity contribution is -0.0503. The summed E-state index contributed by atoms with van der Waals surface area (Å²) in [6, 6.07) is 6.02. The lowest BCUT2D eigenvalue weighted by atomic mass is 10.1. The van der Waals surface area contributed by atoms with Crippen molar-refractivity contribution in [3.63, 3.8) is 0 Å². The van der Waals surface area contributed by atoms with Crippen molar-refractivity contribution >= 4 is 5.91 Å². The van der Waals surface area contributed by atoms with Gasteiger partial charge in [0.1, 0.15) is 5.75 Å². The Bertz CT molecular complexity index is 452. The van der Waals surface area contributed by atoms with Gasteiger partial charge in [0, 0.05) is 20.2 Å². The lowest BCUT2D eigenvalue weighted by Crippen LogP contribution is -2.37. The molecule has 0 fully saturated rings. The fourth-order valence-electron chi connectivity index (χ4n) is 1.93. The minimum Gasteiger partial charge on any atom is -0.434 e. The highest BCUT2D eigenvalue weighted by molar-refractivity contribution is 5.97. The molecule has 21 heavy (non-hydrogen) atoms. The SMILES string of the molecule is COCCN(CC(C)C)C(=O)c1ccccc1OC(F)F. The van der Waals surface area contributed by atoms with E-state index in [2.05, 4.69) is 4.74 Å². The third kappa shape index (κ3) is 5.67. The number of carbonyl (C=O) groups is 1. The third-order valence-electron chi connectivity index (χ3n) is 2.77. The fourth-order valence-corrected chi connectivity index (χ4v) is 1.93. The van der Waals surface area contributed by atoms with Gasteiger partial charge in [0.15, 0.2) is 0 Å². The van der Waals surface area contributed by atoms with Crippen LogP contribution < -0.4 is 4.74 Å². The first kappa shape index (κ1) is 17.4. The highest BCUT2D eigenvalue weighted by Gasteiger charge is 2.21. The van der Waals surface area contributed by atoms with E-state index in [1.165, 1.54) is 12.1 Å². The minimum atomic E-state index is -2.96. The number of amides is 1. The van der Waals surface area contributed by atoms with Gasteiger partial charge in [-0.3, -0.25) is 4.79 Å². The number of nitrogens with zero attached hydrogens (tertiary/aromatic N) is 1. The van der Waals surface area contributed by atoms with Gasteiger partial charge in [-0.05, 0) is 18.1 Å².